The van der Waals surface area contributed by atoms with Crippen LogP contribution in [0.1, 0.15) is 53.4 Å². The number of likely N-dealkylation sites (tertiary alicyclic amines) is 2. The van der Waals surface area contributed by atoms with Gasteiger partial charge in [0.1, 0.15) is 0 Å². The number of rotatable bonds is 7. The summed E-state index contributed by atoms with van der Waals surface area (Å²) in [6.45, 7) is 12.9. The average Bonchev–Trinajstić information content (AvgIpc) is 2.29. The fourth-order valence-electron chi connectivity index (χ4n) is 3.87. The van der Waals surface area contributed by atoms with Gasteiger partial charge in [0.25, 0.3) is 0 Å². The molecule has 2 rings (SSSR count). The van der Waals surface area contributed by atoms with Crippen molar-refractivity contribution in [2.45, 2.75) is 77.0 Å². The molecule has 0 radical (unpaired) electrons. The van der Waals surface area contributed by atoms with Crippen molar-refractivity contribution in [1.82, 2.24) is 9.80 Å². The predicted molar refractivity (Wildman–Crippen MR) is 80.5 cm³/mol. The van der Waals surface area contributed by atoms with E-state index >= 15 is 0 Å². The van der Waals surface area contributed by atoms with Gasteiger partial charge in [-0.1, -0.05) is 0 Å². The largest absolute Gasteiger partial charge is 0.383 e. The van der Waals surface area contributed by atoms with Crippen LogP contribution in [0.2, 0.25) is 0 Å². The summed E-state index contributed by atoms with van der Waals surface area (Å²) in [6, 6.07) is 2.08. The van der Waals surface area contributed by atoms with Gasteiger partial charge in [-0.3, -0.25) is 9.80 Å². The van der Waals surface area contributed by atoms with Gasteiger partial charge in [0.05, 0.1) is 6.61 Å². The Labute approximate surface area is 119 Å². The van der Waals surface area contributed by atoms with Crippen molar-refractivity contribution < 1.29 is 4.74 Å². The molecule has 0 aromatic rings. The molecule has 0 spiro atoms. The second-order valence-electron chi connectivity index (χ2n) is 7.06. The van der Waals surface area contributed by atoms with Crippen LogP contribution in [-0.2, 0) is 4.74 Å². The average molecular weight is 268 g/mol. The van der Waals surface area contributed by atoms with E-state index in [-0.39, 0.29) is 0 Å². The Morgan fingerprint density at radius 3 is 2.42 bits per heavy atom. The van der Waals surface area contributed by atoms with Gasteiger partial charge in [-0.25, -0.2) is 0 Å². The van der Waals surface area contributed by atoms with Gasteiger partial charge in [-0.2, -0.15) is 0 Å². The first-order chi connectivity index (χ1) is 8.98. The fraction of sp³-hybridized carbons (Fsp3) is 1.00. The quantitative estimate of drug-likeness (QED) is 0.706. The maximum atomic E-state index is 5.30. The molecule has 2 fully saturated rings. The van der Waals surface area contributed by atoms with Gasteiger partial charge in [-0.05, 0) is 53.4 Å². The lowest BCUT2D eigenvalue weighted by Gasteiger charge is -2.54. The molecule has 0 amide bonds. The van der Waals surface area contributed by atoms with Crippen LogP contribution in [0.25, 0.3) is 0 Å². The lowest BCUT2D eigenvalue weighted by molar-refractivity contribution is -0.0476. The van der Waals surface area contributed by atoms with Gasteiger partial charge in [0, 0.05) is 43.9 Å². The first kappa shape index (κ1) is 15.3. The minimum atomic E-state index is 0.462. The first-order valence-corrected chi connectivity index (χ1v) is 7.99. The van der Waals surface area contributed by atoms with E-state index in [1.807, 2.05) is 7.11 Å². The van der Waals surface area contributed by atoms with E-state index in [9.17, 15) is 0 Å². The van der Waals surface area contributed by atoms with Crippen molar-refractivity contribution in [2.24, 2.45) is 0 Å². The molecule has 0 saturated carbocycles. The molecule has 0 aromatic carbocycles. The van der Waals surface area contributed by atoms with Crippen molar-refractivity contribution in [3.05, 3.63) is 0 Å². The summed E-state index contributed by atoms with van der Waals surface area (Å²) < 4.78 is 5.30. The standard InChI is InChI=1S/C16H32N2O/c1-13(2)18-11-9-16(18,4)8-6-14(3)17-10-7-15(17)12-19-5/h13-15H,6-12H2,1-5H3/t14?,15-,16?/m0/s1. The molecule has 3 heteroatoms. The highest BCUT2D eigenvalue weighted by Crippen LogP contribution is 2.37. The highest BCUT2D eigenvalue weighted by Gasteiger charge is 2.42. The summed E-state index contributed by atoms with van der Waals surface area (Å²) in [5.74, 6) is 0. The zero-order chi connectivity index (χ0) is 14.0. The van der Waals surface area contributed by atoms with E-state index in [1.54, 1.807) is 0 Å². The summed E-state index contributed by atoms with van der Waals surface area (Å²) in [5.41, 5.74) is 0.462. The summed E-state index contributed by atoms with van der Waals surface area (Å²) in [4.78, 5) is 5.30. The fourth-order valence-corrected chi connectivity index (χ4v) is 3.87. The van der Waals surface area contributed by atoms with Crippen LogP contribution in [0.3, 0.4) is 0 Å². The zero-order valence-corrected chi connectivity index (χ0v) is 13.5. The summed E-state index contributed by atoms with van der Waals surface area (Å²) in [7, 11) is 1.82. The first-order valence-electron chi connectivity index (χ1n) is 7.99. The molecule has 112 valence electrons. The van der Waals surface area contributed by atoms with Crippen LogP contribution in [0.5, 0.6) is 0 Å². The normalized spacial score (nSPS) is 34.1. The van der Waals surface area contributed by atoms with Gasteiger partial charge < -0.3 is 4.74 Å². The second kappa shape index (κ2) is 6.11. The van der Waals surface area contributed by atoms with Crippen LogP contribution >= 0.6 is 0 Å². The molecule has 0 aromatic heterocycles. The number of hydrogen-bond acceptors (Lipinski definition) is 3. The maximum absolute atomic E-state index is 5.30. The molecule has 2 aliphatic rings. The lowest BCUT2D eigenvalue weighted by Crippen LogP contribution is -2.61. The molecule has 2 unspecified atom stereocenters. The highest BCUT2D eigenvalue weighted by atomic mass is 16.5. The number of hydrogen-bond donors (Lipinski definition) is 0. The van der Waals surface area contributed by atoms with Gasteiger partial charge in [-0.15, -0.1) is 0 Å². The van der Waals surface area contributed by atoms with Gasteiger partial charge >= 0.3 is 0 Å². The summed E-state index contributed by atoms with van der Waals surface area (Å²) in [6.07, 6.45) is 5.34. The minimum absolute atomic E-state index is 0.462. The van der Waals surface area contributed by atoms with Crippen LogP contribution in [-0.4, -0.2) is 60.3 Å². The highest BCUT2D eigenvalue weighted by molar-refractivity contribution is 4.98. The van der Waals surface area contributed by atoms with E-state index in [0.717, 1.165) is 6.61 Å². The molecular formula is C16H32N2O. The van der Waals surface area contributed by atoms with Crippen molar-refractivity contribution in [1.29, 1.82) is 0 Å². The molecule has 0 aliphatic carbocycles. The molecule has 0 N–H and O–H groups in total. The van der Waals surface area contributed by atoms with Crippen molar-refractivity contribution in [3.8, 4) is 0 Å². The Morgan fingerprint density at radius 2 is 2.00 bits per heavy atom. The van der Waals surface area contributed by atoms with E-state index < -0.39 is 0 Å². The lowest BCUT2D eigenvalue weighted by atomic mass is 9.80. The maximum Gasteiger partial charge on any atom is 0.0618 e. The number of methoxy groups -OCH3 is 1. The summed E-state index contributed by atoms with van der Waals surface area (Å²) >= 11 is 0. The third-order valence-corrected chi connectivity index (χ3v) is 5.42. The molecular weight excluding hydrogens is 236 g/mol. The van der Waals surface area contributed by atoms with E-state index in [0.29, 0.717) is 23.7 Å². The molecule has 3 atom stereocenters. The third kappa shape index (κ3) is 3.14. The Hall–Kier alpha value is -0.120. The monoisotopic (exact) mass is 268 g/mol. The van der Waals surface area contributed by atoms with E-state index in [4.69, 9.17) is 4.74 Å². The predicted octanol–water partition coefficient (Wildman–Crippen LogP) is 2.75. The SMILES string of the molecule is COC[C@@H]1CCN1C(C)CCC1(C)CCN1C(C)C. The van der Waals surface area contributed by atoms with Gasteiger partial charge in [0.2, 0.25) is 0 Å². The second-order valence-corrected chi connectivity index (χ2v) is 7.06. The molecule has 2 aliphatic heterocycles. The molecule has 2 saturated heterocycles. The smallest absolute Gasteiger partial charge is 0.0618 e. The molecule has 2 heterocycles. The van der Waals surface area contributed by atoms with Crippen LogP contribution in [0, 0.1) is 0 Å². The number of nitrogens with zero attached hydrogens (tertiary/aromatic N) is 2. The minimum Gasteiger partial charge on any atom is -0.383 e. The number of ether oxygens (including phenoxy) is 1. The Bertz CT molecular complexity index is 294. The van der Waals surface area contributed by atoms with Crippen molar-refractivity contribution in [2.75, 3.05) is 26.8 Å². The van der Waals surface area contributed by atoms with E-state index in [2.05, 4.69) is 37.5 Å². The Balaban J connectivity index is 1.76. The molecule has 19 heavy (non-hydrogen) atoms. The van der Waals surface area contributed by atoms with Gasteiger partial charge in [0.15, 0.2) is 0 Å². The Kier molecular flexibility index (Phi) is 4.91. The Morgan fingerprint density at radius 1 is 1.26 bits per heavy atom. The summed E-state index contributed by atoms with van der Waals surface area (Å²) in [5, 5.41) is 0. The van der Waals surface area contributed by atoms with Crippen molar-refractivity contribution in [3.63, 3.8) is 0 Å². The van der Waals surface area contributed by atoms with Crippen LogP contribution in [0.4, 0.5) is 0 Å². The molecule has 3 nitrogen and oxygen atoms in total. The van der Waals surface area contributed by atoms with Crippen LogP contribution in [0.15, 0.2) is 0 Å². The van der Waals surface area contributed by atoms with E-state index in [1.165, 1.54) is 38.8 Å². The van der Waals surface area contributed by atoms with Crippen molar-refractivity contribution >= 4 is 0 Å². The molecule has 0 bridgehead atoms. The topological polar surface area (TPSA) is 15.7 Å². The third-order valence-electron chi connectivity index (χ3n) is 5.42. The zero-order valence-electron chi connectivity index (χ0n) is 13.5. The van der Waals surface area contributed by atoms with Crippen LogP contribution < -0.4 is 0 Å².